The van der Waals surface area contributed by atoms with Crippen LogP contribution < -0.4 is 0 Å². The van der Waals surface area contributed by atoms with Crippen LogP contribution in [0.1, 0.15) is 5.82 Å². The Bertz CT molecular complexity index is 1240. The SMILES string of the molecule is Cc1nc2nc(-c3ccc4ccccc4n3)c(-c3ccccc3)cc2[nH]1. The lowest BCUT2D eigenvalue weighted by Crippen LogP contribution is -1.94. The number of fused-ring (bicyclic) bond motifs is 2. The standard InChI is InChI=1S/C22H16N4/c1-14-23-20-13-17(15-7-3-2-4-8-15)21(26-22(20)24-14)19-12-11-16-9-5-6-10-18(16)25-19/h2-13H,1H3,(H,23,24,26). The predicted octanol–water partition coefficient (Wildman–Crippen LogP) is 5.15. The quantitative estimate of drug-likeness (QED) is 0.485. The summed E-state index contributed by atoms with van der Waals surface area (Å²) in [7, 11) is 0. The highest BCUT2D eigenvalue weighted by Crippen LogP contribution is 2.32. The van der Waals surface area contributed by atoms with E-state index in [4.69, 9.17) is 9.97 Å². The number of benzene rings is 2. The maximum Gasteiger partial charge on any atom is 0.178 e. The van der Waals surface area contributed by atoms with Crippen LogP contribution in [0.5, 0.6) is 0 Å². The van der Waals surface area contributed by atoms with Crippen molar-refractivity contribution < 1.29 is 0 Å². The van der Waals surface area contributed by atoms with E-state index in [0.717, 1.165) is 44.8 Å². The van der Waals surface area contributed by atoms with E-state index in [2.05, 4.69) is 40.3 Å². The van der Waals surface area contributed by atoms with Gasteiger partial charge in [-0.05, 0) is 30.7 Å². The molecule has 0 unspecified atom stereocenters. The van der Waals surface area contributed by atoms with Crippen LogP contribution in [0.15, 0.2) is 72.8 Å². The summed E-state index contributed by atoms with van der Waals surface area (Å²) in [5.41, 5.74) is 6.47. The van der Waals surface area contributed by atoms with Crippen molar-refractivity contribution >= 4 is 22.1 Å². The van der Waals surface area contributed by atoms with Crippen molar-refractivity contribution in [3.05, 3.63) is 78.6 Å². The smallest absolute Gasteiger partial charge is 0.178 e. The van der Waals surface area contributed by atoms with E-state index in [1.807, 2.05) is 49.4 Å². The molecule has 0 bridgehead atoms. The first-order valence-corrected chi connectivity index (χ1v) is 8.57. The van der Waals surface area contributed by atoms with Gasteiger partial charge in [0.05, 0.1) is 22.4 Å². The molecule has 0 saturated heterocycles. The molecule has 0 aliphatic rings. The van der Waals surface area contributed by atoms with Crippen LogP contribution in [-0.4, -0.2) is 19.9 Å². The van der Waals surface area contributed by atoms with Crippen molar-refractivity contribution in [1.29, 1.82) is 0 Å². The van der Waals surface area contributed by atoms with E-state index in [0.29, 0.717) is 5.65 Å². The summed E-state index contributed by atoms with van der Waals surface area (Å²) in [6, 6.07) is 24.6. The maximum atomic E-state index is 4.84. The van der Waals surface area contributed by atoms with Gasteiger partial charge in [-0.1, -0.05) is 54.6 Å². The fourth-order valence-corrected chi connectivity index (χ4v) is 3.29. The predicted molar refractivity (Wildman–Crippen MR) is 105 cm³/mol. The van der Waals surface area contributed by atoms with Crippen LogP contribution >= 0.6 is 0 Å². The number of para-hydroxylation sites is 1. The highest BCUT2D eigenvalue weighted by molar-refractivity contribution is 5.90. The van der Waals surface area contributed by atoms with Gasteiger partial charge in [0, 0.05) is 10.9 Å². The Kier molecular flexibility index (Phi) is 3.28. The van der Waals surface area contributed by atoms with Gasteiger partial charge >= 0.3 is 0 Å². The second kappa shape index (κ2) is 5.77. The molecule has 0 aliphatic heterocycles. The number of imidazole rings is 1. The van der Waals surface area contributed by atoms with Crippen molar-refractivity contribution in [1.82, 2.24) is 19.9 Å². The first kappa shape index (κ1) is 14.8. The minimum Gasteiger partial charge on any atom is -0.341 e. The summed E-state index contributed by atoms with van der Waals surface area (Å²) >= 11 is 0. The maximum absolute atomic E-state index is 4.84. The van der Waals surface area contributed by atoms with Crippen LogP contribution in [-0.2, 0) is 0 Å². The van der Waals surface area contributed by atoms with Gasteiger partial charge in [0.2, 0.25) is 0 Å². The molecular weight excluding hydrogens is 320 g/mol. The Morgan fingerprint density at radius 3 is 2.46 bits per heavy atom. The van der Waals surface area contributed by atoms with Crippen molar-refractivity contribution in [2.75, 3.05) is 0 Å². The molecule has 0 fully saturated rings. The van der Waals surface area contributed by atoms with E-state index < -0.39 is 0 Å². The van der Waals surface area contributed by atoms with Gasteiger partial charge in [-0.3, -0.25) is 0 Å². The monoisotopic (exact) mass is 336 g/mol. The van der Waals surface area contributed by atoms with Crippen LogP contribution in [0, 0.1) is 6.92 Å². The molecule has 124 valence electrons. The van der Waals surface area contributed by atoms with Crippen molar-refractivity contribution in [2.24, 2.45) is 0 Å². The number of aryl methyl sites for hydroxylation is 1. The second-order valence-electron chi connectivity index (χ2n) is 6.33. The summed E-state index contributed by atoms with van der Waals surface area (Å²) in [6.45, 7) is 1.94. The number of nitrogens with one attached hydrogen (secondary N) is 1. The molecule has 0 saturated carbocycles. The molecule has 0 aliphatic carbocycles. The molecule has 0 spiro atoms. The Balaban J connectivity index is 1.81. The van der Waals surface area contributed by atoms with Gasteiger partial charge in [-0.2, -0.15) is 0 Å². The Labute approximate surface area is 150 Å². The highest BCUT2D eigenvalue weighted by atomic mass is 15.0. The number of aromatic amines is 1. The third-order valence-electron chi connectivity index (χ3n) is 4.52. The second-order valence-corrected chi connectivity index (χ2v) is 6.33. The molecule has 3 aromatic heterocycles. The molecule has 4 heteroatoms. The lowest BCUT2D eigenvalue weighted by Gasteiger charge is -2.10. The highest BCUT2D eigenvalue weighted by Gasteiger charge is 2.14. The van der Waals surface area contributed by atoms with Crippen molar-refractivity contribution in [2.45, 2.75) is 6.92 Å². The average molecular weight is 336 g/mol. The molecule has 0 radical (unpaired) electrons. The number of nitrogens with zero attached hydrogens (tertiary/aromatic N) is 3. The van der Waals surface area contributed by atoms with Gasteiger partial charge in [-0.25, -0.2) is 15.0 Å². The molecule has 3 heterocycles. The molecule has 5 aromatic rings. The summed E-state index contributed by atoms with van der Waals surface area (Å²) < 4.78 is 0. The first-order chi connectivity index (χ1) is 12.8. The third kappa shape index (κ3) is 2.43. The molecular formula is C22H16N4. The Hall–Kier alpha value is -3.53. The molecule has 1 N–H and O–H groups in total. The minimum absolute atomic E-state index is 0.715. The third-order valence-corrected chi connectivity index (χ3v) is 4.52. The van der Waals surface area contributed by atoms with E-state index in [1.165, 1.54) is 0 Å². The molecule has 4 nitrogen and oxygen atoms in total. The topological polar surface area (TPSA) is 54.5 Å². The lowest BCUT2D eigenvalue weighted by molar-refractivity contribution is 1.16. The zero-order chi connectivity index (χ0) is 17.5. The fraction of sp³-hybridized carbons (Fsp3) is 0.0455. The normalized spacial score (nSPS) is 11.3. The Morgan fingerprint density at radius 2 is 1.58 bits per heavy atom. The van der Waals surface area contributed by atoms with Gasteiger partial charge in [0.25, 0.3) is 0 Å². The summed E-state index contributed by atoms with van der Waals surface area (Å²) in [4.78, 5) is 17.5. The zero-order valence-corrected chi connectivity index (χ0v) is 14.3. The largest absolute Gasteiger partial charge is 0.341 e. The summed E-state index contributed by atoms with van der Waals surface area (Å²) in [5.74, 6) is 0.857. The number of aromatic nitrogens is 4. The van der Waals surface area contributed by atoms with E-state index >= 15 is 0 Å². The van der Waals surface area contributed by atoms with Crippen LogP contribution in [0.25, 0.3) is 44.6 Å². The summed E-state index contributed by atoms with van der Waals surface area (Å²) in [6.07, 6.45) is 0. The number of rotatable bonds is 2. The zero-order valence-electron chi connectivity index (χ0n) is 14.3. The van der Waals surface area contributed by atoms with Gasteiger partial charge in [-0.15, -0.1) is 0 Å². The van der Waals surface area contributed by atoms with Crippen molar-refractivity contribution in [3.63, 3.8) is 0 Å². The molecule has 5 rings (SSSR count). The van der Waals surface area contributed by atoms with Gasteiger partial charge in [0.15, 0.2) is 5.65 Å². The van der Waals surface area contributed by atoms with Gasteiger partial charge in [0.1, 0.15) is 5.82 Å². The van der Waals surface area contributed by atoms with Crippen LogP contribution in [0.3, 0.4) is 0 Å². The van der Waals surface area contributed by atoms with Crippen LogP contribution in [0.2, 0.25) is 0 Å². The van der Waals surface area contributed by atoms with Crippen molar-refractivity contribution in [3.8, 4) is 22.5 Å². The summed E-state index contributed by atoms with van der Waals surface area (Å²) in [5, 5.41) is 1.12. The minimum atomic E-state index is 0.715. The lowest BCUT2D eigenvalue weighted by atomic mass is 10.0. The molecule has 0 atom stereocenters. The number of pyridine rings is 2. The molecule has 0 amide bonds. The van der Waals surface area contributed by atoms with E-state index in [1.54, 1.807) is 0 Å². The van der Waals surface area contributed by atoms with Gasteiger partial charge < -0.3 is 4.98 Å². The fourth-order valence-electron chi connectivity index (χ4n) is 3.29. The van der Waals surface area contributed by atoms with E-state index in [-0.39, 0.29) is 0 Å². The van der Waals surface area contributed by atoms with E-state index in [9.17, 15) is 0 Å². The molecule has 2 aromatic carbocycles. The number of hydrogen-bond donors (Lipinski definition) is 1. The molecule has 26 heavy (non-hydrogen) atoms. The number of H-pyrrole nitrogens is 1. The Morgan fingerprint density at radius 1 is 0.769 bits per heavy atom. The first-order valence-electron chi connectivity index (χ1n) is 8.57. The van der Waals surface area contributed by atoms with Crippen LogP contribution in [0.4, 0.5) is 0 Å². The average Bonchev–Trinajstić information content (AvgIpc) is 3.06. The number of hydrogen-bond acceptors (Lipinski definition) is 3.